The number of hydrogen-bond acceptors (Lipinski definition) is 10. The Balaban J connectivity index is -0.0000000292. The van der Waals surface area contributed by atoms with E-state index in [4.69, 9.17) is 35.0 Å². The topological polar surface area (TPSA) is 213 Å². The molecule has 0 heterocycles. The molecular formula is H5CuN2O8S2-. The van der Waals surface area contributed by atoms with Crippen molar-refractivity contribution in [2.45, 2.75) is 0 Å². The Bertz CT molecular complexity index is 222. The summed E-state index contributed by atoms with van der Waals surface area (Å²) in [6, 6.07) is 0. The van der Waals surface area contributed by atoms with E-state index in [1.165, 1.54) is 0 Å². The van der Waals surface area contributed by atoms with E-state index in [0.717, 1.165) is 0 Å². The van der Waals surface area contributed by atoms with E-state index in [1.54, 1.807) is 0 Å². The molecule has 0 saturated heterocycles. The van der Waals surface area contributed by atoms with Crippen LogP contribution in [0.5, 0.6) is 0 Å². The maximum atomic E-state index is 8.52. The van der Waals surface area contributed by atoms with E-state index in [0.29, 0.717) is 0 Å². The van der Waals surface area contributed by atoms with Crippen molar-refractivity contribution in [1.82, 2.24) is 0 Å². The predicted octanol–water partition coefficient (Wildman–Crippen LogP) is -3.75. The van der Waals surface area contributed by atoms with Gasteiger partial charge >= 0.3 is 18.5 Å². The standard InChI is InChI=1S/Cu.H4N2.2H2O4S/c;1-2;2*1-5(2,3)4/h;1-2H2;2*(H2,1,2,3,4)/q+2;;;/p-3. The minimum atomic E-state index is -5.17. The summed E-state index contributed by atoms with van der Waals surface area (Å²) in [6.45, 7) is 0. The van der Waals surface area contributed by atoms with Crippen molar-refractivity contribution in [1.29, 1.82) is 0 Å². The first-order valence-corrected chi connectivity index (χ1v) is 4.33. The molecule has 0 aliphatic heterocycles. The third kappa shape index (κ3) is 39200. The molecule has 0 saturated carbocycles. The largest absolute Gasteiger partial charge is 2.00 e. The summed E-state index contributed by atoms with van der Waals surface area (Å²) >= 11 is 0. The first kappa shape index (κ1) is 23.2. The minimum absolute atomic E-state index is 0. The van der Waals surface area contributed by atoms with E-state index in [1.807, 2.05) is 0 Å². The maximum Gasteiger partial charge on any atom is 2.00 e. The van der Waals surface area contributed by atoms with Gasteiger partial charge in [-0.25, -0.2) is 0 Å². The second kappa shape index (κ2) is 10.3. The van der Waals surface area contributed by atoms with Crippen LogP contribution in [0, 0.1) is 0 Å². The van der Waals surface area contributed by atoms with Crippen molar-refractivity contribution in [2.75, 3.05) is 0 Å². The van der Waals surface area contributed by atoms with Crippen LogP contribution >= 0.6 is 0 Å². The van der Waals surface area contributed by atoms with Crippen molar-refractivity contribution >= 4 is 20.8 Å². The van der Waals surface area contributed by atoms with Gasteiger partial charge in [0, 0.05) is 20.8 Å². The van der Waals surface area contributed by atoms with E-state index in [2.05, 4.69) is 11.7 Å². The smallest absolute Gasteiger partial charge is 0.759 e. The fraction of sp³-hybridized carbons (Fsp3) is 0. The van der Waals surface area contributed by atoms with Gasteiger partial charge in [0.05, 0.1) is 0 Å². The van der Waals surface area contributed by atoms with Crippen molar-refractivity contribution in [3.63, 3.8) is 0 Å². The molecule has 1 radical (unpaired) electrons. The molecule has 0 amide bonds. The number of rotatable bonds is 0. The van der Waals surface area contributed by atoms with Crippen LogP contribution in [0.4, 0.5) is 0 Å². The average molecular weight is 289 g/mol. The molecule has 0 atom stereocenters. The molecule has 0 aromatic carbocycles. The third-order valence-electron chi connectivity index (χ3n) is 0. The van der Waals surface area contributed by atoms with Gasteiger partial charge in [-0.3, -0.25) is 28.5 Å². The van der Waals surface area contributed by atoms with Crippen LogP contribution in [0.2, 0.25) is 0 Å². The molecule has 4 N–H and O–H groups in total. The molecule has 0 aromatic rings. The zero-order valence-electron chi connectivity index (χ0n) is 6.54. The van der Waals surface area contributed by atoms with Crippen LogP contribution in [0.15, 0.2) is 0 Å². The van der Waals surface area contributed by atoms with Crippen LogP contribution in [0.25, 0.3) is 0 Å². The number of hydrazine groups is 1. The predicted molar refractivity (Wildman–Crippen MR) is 30.4 cm³/mol. The molecule has 0 aliphatic carbocycles. The van der Waals surface area contributed by atoms with Gasteiger partial charge in [-0.15, -0.1) is 0 Å². The molecule has 13 heavy (non-hydrogen) atoms. The van der Waals surface area contributed by atoms with Gasteiger partial charge in [-0.05, 0) is 0 Å². The Morgan fingerprint density at radius 1 is 0.769 bits per heavy atom. The normalized spacial score (nSPS) is 9.38. The molecule has 0 rings (SSSR count). The molecule has 13 heteroatoms. The molecule has 0 unspecified atom stereocenters. The van der Waals surface area contributed by atoms with Gasteiger partial charge in [0.1, 0.15) is 0 Å². The van der Waals surface area contributed by atoms with E-state index < -0.39 is 20.8 Å². The average Bonchev–Trinajstić information content (AvgIpc) is 1.59. The summed E-state index contributed by atoms with van der Waals surface area (Å²) in [6.07, 6.45) is 0. The first-order valence-electron chi connectivity index (χ1n) is 1.67. The first-order chi connectivity index (χ1) is 5.00. The molecule has 10 nitrogen and oxygen atoms in total. The molecular weight excluding hydrogens is 284 g/mol. The van der Waals surface area contributed by atoms with Gasteiger partial charge in [0.15, 0.2) is 0 Å². The van der Waals surface area contributed by atoms with Crippen molar-refractivity contribution in [3.8, 4) is 0 Å². The van der Waals surface area contributed by atoms with Crippen LogP contribution in [0.1, 0.15) is 1.43 Å². The molecule has 0 aliphatic rings. The van der Waals surface area contributed by atoms with Crippen LogP contribution in [-0.2, 0) is 37.9 Å². The summed E-state index contributed by atoms with van der Waals surface area (Å²) in [5.41, 5.74) is 0. The summed E-state index contributed by atoms with van der Waals surface area (Å²) < 4.78 is 68.2. The maximum absolute atomic E-state index is 8.52. The van der Waals surface area contributed by atoms with E-state index in [9.17, 15) is 0 Å². The molecule has 0 aromatic heterocycles. The monoisotopic (exact) mass is 288 g/mol. The fourth-order valence-corrected chi connectivity index (χ4v) is 0. The SMILES string of the molecule is NN.O=S(=O)([O-])[O-].O=S(=O)([O-])[O-].[Cu+2].[H+]. The Kier molecular flexibility index (Phi) is 18.3. The summed E-state index contributed by atoms with van der Waals surface area (Å²) in [5, 5.41) is 0. The van der Waals surface area contributed by atoms with Gasteiger partial charge in [0.2, 0.25) is 0 Å². The number of hydrogen-bond donors (Lipinski definition) is 2. The quantitative estimate of drug-likeness (QED) is 0.146. The van der Waals surface area contributed by atoms with Crippen LogP contribution in [0.3, 0.4) is 0 Å². The van der Waals surface area contributed by atoms with Gasteiger partial charge < -0.3 is 18.2 Å². The Hall–Kier alpha value is 0.179. The Morgan fingerprint density at radius 3 is 0.769 bits per heavy atom. The summed E-state index contributed by atoms with van der Waals surface area (Å²) in [4.78, 5) is 0. The van der Waals surface area contributed by atoms with E-state index in [-0.39, 0.29) is 18.5 Å². The van der Waals surface area contributed by atoms with Crippen LogP contribution in [-0.4, -0.2) is 35.0 Å². The van der Waals surface area contributed by atoms with Crippen molar-refractivity contribution < 1.29 is 53.5 Å². The molecule has 0 bridgehead atoms. The zero-order chi connectivity index (χ0) is 11.0. The second-order valence-corrected chi connectivity index (χ2v) is 2.45. The molecule has 87 valence electrons. The van der Waals surface area contributed by atoms with Crippen LogP contribution < -0.4 is 11.7 Å². The zero-order valence-corrected chi connectivity index (χ0v) is 8.11. The molecule has 0 fully saturated rings. The van der Waals surface area contributed by atoms with Gasteiger partial charge in [0.25, 0.3) is 0 Å². The summed E-state index contributed by atoms with van der Waals surface area (Å²) in [7, 11) is -10.3. The van der Waals surface area contributed by atoms with Gasteiger partial charge in [-0.2, -0.15) is 0 Å². The number of nitrogens with two attached hydrogens (primary N) is 2. The van der Waals surface area contributed by atoms with Crippen molar-refractivity contribution in [3.05, 3.63) is 0 Å². The second-order valence-electron chi connectivity index (χ2n) is 0.816. The molecule has 0 spiro atoms. The fourth-order valence-electron chi connectivity index (χ4n) is 0. The minimum Gasteiger partial charge on any atom is -0.759 e. The Labute approximate surface area is 86.4 Å². The Morgan fingerprint density at radius 2 is 0.769 bits per heavy atom. The summed E-state index contributed by atoms with van der Waals surface area (Å²) in [5.74, 6) is 8.00. The van der Waals surface area contributed by atoms with Gasteiger partial charge in [-0.1, -0.05) is 0 Å². The van der Waals surface area contributed by atoms with Crippen molar-refractivity contribution in [2.24, 2.45) is 11.7 Å². The van der Waals surface area contributed by atoms with E-state index >= 15 is 0 Å². The third-order valence-corrected chi connectivity index (χ3v) is 0.